The molecule has 1 rings (SSSR count). The minimum Gasteiger partial charge on any atom is -0.496 e. The van der Waals surface area contributed by atoms with Crippen LogP contribution in [0.15, 0.2) is 18.2 Å². The van der Waals surface area contributed by atoms with E-state index >= 15 is 0 Å². The minimum atomic E-state index is -0.0301. The maximum atomic E-state index is 5.93. The maximum absolute atomic E-state index is 5.93. The molecule has 0 amide bonds. The first-order chi connectivity index (χ1) is 8.87. The van der Waals surface area contributed by atoms with Crippen molar-refractivity contribution >= 4 is 0 Å². The molecule has 0 saturated carbocycles. The van der Waals surface area contributed by atoms with Crippen LogP contribution in [0.5, 0.6) is 5.75 Å². The number of hydrogen-bond acceptors (Lipinski definition) is 3. The molecule has 0 saturated heterocycles. The molecular formula is C16H28N2O. The smallest absolute Gasteiger partial charge is 0.123 e. The third-order valence-corrected chi connectivity index (χ3v) is 3.83. The molecule has 0 aliphatic carbocycles. The minimum absolute atomic E-state index is 0.0301. The van der Waals surface area contributed by atoms with E-state index in [0.717, 1.165) is 5.75 Å². The van der Waals surface area contributed by atoms with E-state index in [9.17, 15) is 0 Å². The lowest BCUT2D eigenvalue weighted by Gasteiger charge is -2.34. The summed E-state index contributed by atoms with van der Waals surface area (Å²) in [6.07, 6.45) is 0. The van der Waals surface area contributed by atoms with Gasteiger partial charge in [-0.3, -0.25) is 0 Å². The summed E-state index contributed by atoms with van der Waals surface area (Å²) in [6.45, 7) is 9.38. The Balaban J connectivity index is 3.31. The summed E-state index contributed by atoms with van der Waals surface area (Å²) in [4.78, 5) is 0. The molecule has 1 aromatic rings. The Morgan fingerprint density at radius 1 is 1.32 bits per heavy atom. The van der Waals surface area contributed by atoms with Gasteiger partial charge in [-0.15, -0.1) is 0 Å². The molecule has 0 bridgehead atoms. The number of hydrogen-bond donors (Lipinski definition) is 2. The first kappa shape index (κ1) is 16.0. The first-order valence-corrected chi connectivity index (χ1v) is 6.92. The van der Waals surface area contributed by atoms with Gasteiger partial charge in [0.2, 0.25) is 0 Å². The van der Waals surface area contributed by atoms with Gasteiger partial charge in [0.25, 0.3) is 0 Å². The van der Waals surface area contributed by atoms with Gasteiger partial charge in [0, 0.05) is 11.6 Å². The van der Waals surface area contributed by atoms with Crippen LogP contribution in [0.2, 0.25) is 0 Å². The average molecular weight is 264 g/mol. The average Bonchev–Trinajstić information content (AvgIpc) is 2.39. The summed E-state index contributed by atoms with van der Waals surface area (Å²) in [5.74, 6) is 1.42. The number of nitrogens with two attached hydrogens (primary N) is 1. The molecule has 19 heavy (non-hydrogen) atoms. The topological polar surface area (TPSA) is 47.3 Å². The zero-order chi connectivity index (χ0) is 14.6. The van der Waals surface area contributed by atoms with Gasteiger partial charge in [-0.05, 0) is 36.6 Å². The van der Waals surface area contributed by atoms with Crippen molar-refractivity contribution in [1.29, 1.82) is 0 Å². The summed E-state index contributed by atoms with van der Waals surface area (Å²) in [7, 11) is 3.69. The summed E-state index contributed by atoms with van der Waals surface area (Å²) in [5.41, 5.74) is 8.41. The standard InChI is InChI=1S/C16H28N2O/c1-11(2)12-7-8-14(19-6)13(9-12)15(18-5)16(3,4)10-17/h7-9,11,15,18H,10,17H2,1-6H3. The number of nitrogens with one attached hydrogen (secondary N) is 1. The fourth-order valence-corrected chi connectivity index (χ4v) is 2.42. The molecular weight excluding hydrogens is 236 g/mol. The van der Waals surface area contributed by atoms with E-state index in [1.54, 1.807) is 7.11 Å². The van der Waals surface area contributed by atoms with E-state index in [1.165, 1.54) is 11.1 Å². The van der Waals surface area contributed by atoms with Crippen molar-refractivity contribution in [3.05, 3.63) is 29.3 Å². The van der Waals surface area contributed by atoms with Crippen molar-refractivity contribution < 1.29 is 4.74 Å². The number of rotatable bonds is 6. The quantitative estimate of drug-likeness (QED) is 0.830. The fourth-order valence-electron chi connectivity index (χ4n) is 2.42. The molecule has 3 nitrogen and oxygen atoms in total. The second kappa shape index (κ2) is 6.40. The molecule has 1 aromatic carbocycles. The summed E-state index contributed by atoms with van der Waals surface area (Å²) >= 11 is 0. The molecule has 0 heterocycles. The van der Waals surface area contributed by atoms with Gasteiger partial charge in [-0.25, -0.2) is 0 Å². The number of benzene rings is 1. The van der Waals surface area contributed by atoms with Gasteiger partial charge in [-0.1, -0.05) is 39.8 Å². The number of methoxy groups -OCH3 is 1. The molecule has 0 fully saturated rings. The Morgan fingerprint density at radius 2 is 1.95 bits per heavy atom. The molecule has 0 aliphatic heterocycles. The van der Waals surface area contributed by atoms with Crippen molar-refractivity contribution in [2.45, 2.75) is 39.7 Å². The van der Waals surface area contributed by atoms with Crippen LogP contribution in [0.25, 0.3) is 0 Å². The lowest BCUT2D eigenvalue weighted by atomic mass is 9.79. The Hall–Kier alpha value is -1.06. The highest BCUT2D eigenvalue weighted by Crippen LogP contribution is 2.38. The summed E-state index contributed by atoms with van der Waals surface area (Å²) in [6, 6.07) is 6.60. The van der Waals surface area contributed by atoms with Crippen LogP contribution in [0, 0.1) is 5.41 Å². The highest BCUT2D eigenvalue weighted by atomic mass is 16.5. The molecule has 0 aromatic heterocycles. The Bertz CT molecular complexity index is 413. The molecule has 1 unspecified atom stereocenters. The van der Waals surface area contributed by atoms with E-state index < -0.39 is 0 Å². The molecule has 108 valence electrons. The van der Waals surface area contributed by atoms with Crippen LogP contribution in [0.4, 0.5) is 0 Å². The lowest BCUT2D eigenvalue weighted by molar-refractivity contribution is 0.258. The maximum Gasteiger partial charge on any atom is 0.123 e. The van der Waals surface area contributed by atoms with Gasteiger partial charge in [0.15, 0.2) is 0 Å². The third kappa shape index (κ3) is 3.48. The Kier molecular flexibility index (Phi) is 5.39. The predicted molar refractivity (Wildman–Crippen MR) is 81.7 cm³/mol. The predicted octanol–water partition coefficient (Wildman–Crippen LogP) is 3.06. The normalized spacial score (nSPS) is 13.7. The Labute approximate surface area is 117 Å². The van der Waals surface area contributed by atoms with Crippen molar-refractivity contribution in [2.75, 3.05) is 20.7 Å². The molecule has 3 heteroatoms. The molecule has 0 radical (unpaired) electrons. The van der Waals surface area contributed by atoms with Gasteiger partial charge in [0.1, 0.15) is 5.75 Å². The highest BCUT2D eigenvalue weighted by Gasteiger charge is 2.30. The second-order valence-electron chi connectivity index (χ2n) is 6.07. The van der Waals surface area contributed by atoms with E-state index in [4.69, 9.17) is 10.5 Å². The van der Waals surface area contributed by atoms with Crippen LogP contribution in [0.1, 0.15) is 50.8 Å². The van der Waals surface area contributed by atoms with Gasteiger partial charge in [-0.2, -0.15) is 0 Å². The summed E-state index contributed by atoms with van der Waals surface area (Å²) < 4.78 is 5.52. The SMILES string of the molecule is CNC(c1cc(C(C)C)ccc1OC)C(C)(C)CN. The lowest BCUT2D eigenvalue weighted by Crippen LogP contribution is -2.38. The fraction of sp³-hybridized carbons (Fsp3) is 0.625. The van der Waals surface area contributed by atoms with E-state index in [1.807, 2.05) is 7.05 Å². The molecule has 1 atom stereocenters. The van der Waals surface area contributed by atoms with E-state index in [-0.39, 0.29) is 11.5 Å². The first-order valence-electron chi connectivity index (χ1n) is 6.92. The van der Waals surface area contributed by atoms with Crippen molar-refractivity contribution in [3.8, 4) is 5.75 Å². The summed E-state index contributed by atoms with van der Waals surface area (Å²) in [5, 5.41) is 3.39. The van der Waals surface area contributed by atoms with E-state index in [2.05, 4.69) is 51.2 Å². The largest absolute Gasteiger partial charge is 0.496 e. The van der Waals surface area contributed by atoms with Crippen molar-refractivity contribution in [1.82, 2.24) is 5.32 Å². The molecule has 0 spiro atoms. The Morgan fingerprint density at radius 3 is 2.37 bits per heavy atom. The van der Waals surface area contributed by atoms with Crippen LogP contribution in [-0.4, -0.2) is 20.7 Å². The highest BCUT2D eigenvalue weighted by molar-refractivity contribution is 5.41. The number of ether oxygens (including phenoxy) is 1. The van der Waals surface area contributed by atoms with Crippen LogP contribution >= 0.6 is 0 Å². The van der Waals surface area contributed by atoms with Crippen LogP contribution in [0.3, 0.4) is 0 Å². The monoisotopic (exact) mass is 264 g/mol. The van der Waals surface area contributed by atoms with E-state index in [0.29, 0.717) is 12.5 Å². The zero-order valence-corrected chi connectivity index (χ0v) is 13.1. The third-order valence-electron chi connectivity index (χ3n) is 3.83. The van der Waals surface area contributed by atoms with Crippen LogP contribution in [-0.2, 0) is 0 Å². The van der Waals surface area contributed by atoms with Crippen molar-refractivity contribution in [2.24, 2.45) is 11.1 Å². The van der Waals surface area contributed by atoms with Gasteiger partial charge >= 0.3 is 0 Å². The second-order valence-corrected chi connectivity index (χ2v) is 6.07. The zero-order valence-electron chi connectivity index (χ0n) is 13.1. The van der Waals surface area contributed by atoms with Crippen LogP contribution < -0.4 is 15.8 Å². The van der Waals surface area contributed by atoms with Gasteiger partial charge in [0.05, 0.1) is 7.11 Å². The molecule has 3 N–H and O–H groups in total. The van der Waals surface area contributed by atoms with Crippen molar-refractivity contribution in [3.63, 3.8) is 0 Å². The molecule has 0 aliphatic rings. The van der Waals surface area contributed by atoms with Gasteiger partial charge < -0.3 is 15.8 Å².